The highest BCUT2D eigenvalue weighted by Gasteiger charge is 2.14. The van der Waals surface area contributed by atoms with E-state index in [9.17, 15) is 13.2 Å². The van der Waals surface area contributed by atoms with Crippen molar-refractivity contribution in [3.63, 3.8) is 0 Å². The van der Waals surface area contributed by atoms with Crippen LogP contribution >= 0.6 is 0 Å². The lowest BCUT2D eigenvalue weighted by Crippen LogP contribution is -2.15. The highest BCUT2D eigenvalue weighted by atomic mass is 32.2. The Hall–Kier alpha value is -3.12. The van der Waals surface area contributed by atoms with Crippen LogP contribution in [0.5, 0.6) is 0 Å². The minimum absolute atomic E-state index is 0.130. The summed E-state index contributed by atoms with van der Waals surface area (Å²) in [6, 6.07) is 21.0. The fourth-order valence-corrected chi connectivity index (χ4v) is 3.79. The molecule has 144 valence electrons. The van der Waals surface area contributed by atoms with Gasteiger partial charge in [-0.3, -0.25) is 9.52 Å². The topological polar surface area (TPSA) is 75.3 Å². The number of carbonyl (C=O) groups is 1. The molecule has 3 aromatic rings. The van der Waals surface area contributed by atoms with Gasteiger partial charge in [-0.1, -0.05) is 42.0 Å². The van der Waals surface area contributed by atoms with Crippen molar-refractivity contribution in [1.82, 2.24) is 0 Å². The van der Waals surface area contributed by atoms with E-state index in [0.717, 1.165) is 16.7 Å². The lowest BCUT2D eigenvalue weighted by atomic mass is 10.1. The number of rotatable bonds is 6. The number of benzene rings is 3. The zero-order chi connectivity index (χ0) is 20.1. The molecule has 3 aromatic carbocycles. The lowest BCUT2D eigenvalue weighted by molar-refractivity contribution is -0.115. The maximum absolute atomic E-state index is 12.5. The second-order valence-electron chi connectivity index (χ2n) is 6.71. The molecule has 0 aliphatic carbocycles. The number of sulfonamides is 1. The fourth-order valence-electron chi connectivity index (χ4n) is 2.74. The summed E-state index contributed by atoms with van der Waals surface area (Å²) in [5, 5.41) is 2.79. The number of hydrogen-bond acceptors (Lipinski definition) is 3. The molecule has 5 nitrogen and oxygen atoms in total. The van der Waals surface area contributed by atoms with Gasteiger partial charge in [0.2, 0.25) is 5.91 Å². The molecule has 0 aliphatic rings. The second kappa shape index (κ2) is 8.27. The van der Waals surface area contributed by atoms with E-state index in [0.29, 0.717) is 11.4 Å². The van der Waals surface area contributed by atoms with Gasteiger partial charge in [0.1, 0.15) is 0 Å². The first-order chi connectivity index (χ1) is 13.3. The van der Waals surface area contributed by atoms with E-state index in [4.69, 9.17) is 0 Å². The van der Waals surface area contributed by atoms with Gasteiger partial charge in [0.25, 0.3) is 10.0 Å². The number of anilines is 2. The molecule has 0 aliphatic heterocycles. The Bertz CT molecular complexity index is 1070. The summed E-state index contributed by atoms with van der Waals surface area (Å²) >= 11 is 0. The van der Waals surface area contributed by atoms with Crippen molar-refractivity contribution in [3.05, 3.63) is 89.5 Å². The van der Waals surface area contributed by atoms with Crippen LogP contribution in [0.3, 0.4) is 0 Å². The minimum atomic E-state index is -3.69. The van der Waals surface area contributed by atoms with Crippen molar-refractivity contribution in [3.8, 4) is 0 Å². The third-order valence-electron chi connectivity index (χ3n) is 4.20. The molecule has 0 bridgehead atoms. The fraction of sp³-hybridized carbons (Fsp3) is 0.136. The predicted molar refractivity (Wildman–Crippen MR) is 112 cm³/mol. The zero-order valence-corrected chi connectivity index (χ0v) is 16.6. The number of nitrogens with one attached hydrogen (secondary N) is 2. The van der Waals surface area contributed by atoms with Gasteiger partial charge in [0, 0.05) is 11.4 Å². The monoisotopic (exact) mass is 394 g/mol. The highest BCUT2D eigenvalue weighted by Crippen LogP contribution is 2.19. The van der Waals surface area contributed by atoms with Gasteiger partial charge < -0.3 is 5.32 Å². The summed E-state index contributed by atoms with van der Waals surface area (Å²) in [6.45, 7) is 3.89. The predicted octanol–water partition coefficient (Wildman–Crippen LogP) is 4.29. The third-order valence-corrected chi connectivity index (χ3v) is 5.60. The van der Waals surface area contributed by atoms with Gasteiger partial charge >= 0.3 is 0 Å². The van der Waals surface area contributed by atoms with Crippen molar-refractivity contribution in [2.45, 2.75) is 25.2 Å². The molecule has 2 N–H and O–H groups in total. The molecule has 0 saturated carbocycles. The number of hydrogen-bond donors (Lipinski definition) is 2. The van der Waals surface area contributed by atoms with Gasteiger partial charge in [-0.25, -0.2) is 8.42 Å². The van der Waals surface area contributed by atoms with Crippen LogP contribution in [0.4, 0.5) is 11.4 Å². The molecule has 1 amide bonds. The average Bonchev–Trinajstić information content (AvgIpc) is 2.64. The highest BCUT2D eigenvalue weighted by molar-refractivity contribution is 7.92. The molecule has 6 heteroatoms. The Morgan fingerprint density at radius 2 is 1.50 bits per heavy atom. The molecule has 0 radical (unpaired) electrons. The average molecular weight is 394 g/mol. The molecular formula is C22H22N2O3S. The molecule has 0 atom stereocenters. The number of carbonyl (C=O) groups excluding carboxylic acids is 1. The molecule has 0 spiro atoms. The Labute approximate surface area is 165 Å². The SMILES string of the molecule is Cc1ccc(CC(=O)Nc2ccc(S(=O)(=O)Nc3cccc(C)c3)cc2)cc1. The Balaban J connectivity index is 1.65. The lowest BCUT2D eigenvalue weighted by Gasteiger charge is -2.10. The third kappa shape index (κ3) is 5.20. The van der Waals surface area contributed by atoms with Crippen LogP contribution in [0.2, 0.25) is 0 Å². The van der Waals surface area contributed by atoms with E-state index in [1.807, 2.05) is 44.2 Å². The molecule has 0 fully saturated rings. The maximum Gasteiger partial charge on any atom is 0.261 e. The first kappa shape index (κ1) is 19.6. The number of aryl methyl sites for hydroxylation is 2. The van der Waals surface area contributed by atoms with Gasteiger partial charge in [0.15, 0.2) is 0 Å². The molecule has 28 heavy (non-hydrogen) atoms. The molecule has 0 unspecified atom stereocenters. The summed E-state index contributed by atoms with van der Waals surface area (Å²) in [4.78, 5) is 12.3. The van der Waals surface area contributed by atoms with E-state index >= 15 is 0 Å². The van der Waals surface area contributed by atoms with Crippen LogP contribution in [0, 0.1) is 13.8 Å². The van der Waals surface area contributed by atoms with E-state index < -0.39 is 10.0 Å². The number of amides is 1. The van der Waals surface area contributed by atoms with Crippen molar-refractivity contribution < 1.29 is 13.2 Å². The largest absolute Gasteiger partial charge is 0.326 e. The summed E-state index contributed by atoms with van der Waals surface area (Å²) in [5.41, 5.74) is 4.08. The summed E-state index contributed by atoms with van der Waals surface area (Å²) in [7, 11) is -3.69. The normalized spacial score (nSPS) is 11.1. The van der Waals surface area contributed by atoms with Crippen molar-refractivity contribution in [2.24, 2.45) is 0 Å². The van der Waals surface area contributed by atoms with E-state index in [1.165, 1.54) is 12.1 Å². The molecular weight excluding hydrogens is 372 g/mol. The smallest absolute Gasteiger partial charge is 0.261 e. The summed E-state index contributed by atoms with van der Waals surface area (Å²) < 4.78 is 27.6. The zero-order valence-electron chi connectivity index (χ0n) is 15.8. The van der Waals surface area contributed by atoms with Crippen molar-refractivity contribution in [2.75, 3.05) is 10.0 Å². The van der Waals surface area contributed by atoms with Crippen LogP contribution in [-0.2, 0) is 21.2 Å². The van der Waals surface area contributed by atoms with E-state index in [1.54, 1.807) is 30.3 Å². The van der Waals surface area contributed by atoms with E-state index in [-0.39, 0.29) is 17.2 Å². The van der Waals surface area contributed by atoms with Crippen LogP contribution in [0.1, 0.15) is 16.7 Å². The van der Waals surface area contributed by atoms with Crippen LogP contribution in [0.25, 0.3) is 0 Å². The first-order valence-corrected chi connectivity index (χ1v) is 10.4. The minimum Gasteiger partial charge on any atom is -0.326 e. The van der Waals surface area contributed by atoms with Gasteiger partial charge in [-0.2, -0.15) is 0 Å². The van der Waals surface area contributed by atoms with Gasteiger partial charge in [-0.15, -0.1) is 0 Å². The van der Waals surface area contributed by atoms with Crippen LogP contribution in [-0.4, -0.2) is 14.3 Å². The summed E-state index contributed by atoms with van der Waals surface area (Å²) in [5.74, 6) is -0.155. The summed E-state index contributed by atoms with van der Waals surface area (Å²) in [6.07, 6.45) is 0.259. The molecule has 0 heterocycles. The van der Waals surface area contributed by atoms with Gasteiger partial charge in [-0.05, 0) is 61.4 Å². The standard InChI is InChI=1S/C22H22N2O3S/c1-16-6-8-18(9-7-16)15-22(25)23-19-10-12-21(13-11-19)28(26,27)24-20-5-3-4-17(2)14-20/h3-14,24H,15H2,1-2H3,(H,23,25). The van der Waals surface area contributed by atoms with Crippen molar-refractivity contribution in [1.29, 1.82) is 0 Å². The quantitative estimate of drug-likeness (QED) is 0.655. The Morgan fingerprint density at radius 1 is 0.821 bits per heavy atom. The van der Waals surface area contributed by atoms with Crippen LogP contribution in [0.15, 0.2) is 77.7 Å². The Kier molecular flexibility index (Phi) is 5.80. The first-order valence-electron chi connectivity index (χ1n) is 8.87. The Morgan fingerprint density at radius 3 is 2.14 bits per heavy atom. The molecule has 0 aromatic heterocycles. The molecule has 0 saturated heterocycles. The van der Waals surface area contributed by atoms with E-state index in [2.05, 4.69) is 10.0 Å². The molecule has 3 rings (SSSR count). The van der Waals surface area contributed by atoms with Crippen LogP contribution < -0.4 is 10.0 Å². The maximum atomic E-state index is 12.5. The second-order valence-corrected chi connectivity index (χ2v) is 8.39. The van der Waals surface area contributed by atoms with Gasteiger partial charge in [0.05, 0.1) is 11.3 Å². The van der Waals surface area contributed by atoms with Crippen molar-refractivity contribution >= 4 is 27.3 Å².